The highest BCUT2D eigenvalue weighted by atomic mass is 32.2. The number of nitrogens with zero attached hydrogens (tertiary/aromatic N) is 4. The van der Waals surface area contributed by atoms with Gasteiger partial charge < -0.3 is 0 Å². The lowest BCUT2D eigenvalue weighted by Crippen LogP contribution is -2.33. The van der Waals surface area contributed by atoms with Crippen molar-refractivity contribution in [3.8, 4) is 6.07 Å². The van der Waals surface area contributed by atoms with Gasteiger partial charge in [0.15, 0.2) is 0 Å². The van der Waals surface area contributed by atoms with Crippen LogP contribution in [0.3, 0.4) is 0 Å². The quantitative estimate of drug-likeness (QED) is 0.710. The first-order valence-corrected chi connectivity index (χ1v) is 10.3. The van der Waals surface area contributed by atoms with E-state index in [0.717, 1.165) is 18.4 Å². The van der Waals surface area contributed by atoms with Crippen LogP contribution in [0.1, 0.15) is 49.2 Å². The number of aryl methyl sites for hydroxylation is 1. The first kappa shape index (κ1) is 20.1. The van der Waals surface area contributed by atoms with Crippen molar-refractivity contribution in [3.05, 3.63) is 46.8 Å². The van der Waals surface area contributed by atoms with Gasteiger partial charge in [-0.25, -0.2) is 8.42 Å². The van der Waals surface area contributed by atoms with Gasteiger partial charge >= 0.3 is 0 Å². The van der Waals surface area contributed by atoms with Crippen LogP contribution in [0.25, 0.3) is 0 Å². The fraction of sp³-hybridized carbons (Fsp3) is 0.474. The van der Waals surface area contributed by atoms with Crippen LogP contribution in [0.5, 0.6) is 0 Å². The van der Waals surface area contributed by atoms with Crippen LogP contribution in [0.2, 0.25) is 0 Å². The van der Waals surface area contributed by atoms with E-state index in [1.54, 1.807) is 35.0 Å². The van der Waals surface area contributed by atoms with Gasteiger partial charge in [0.1, 0.15) is 4.90 Å². The lowest BCUT2D eigenvalue weighted by Gasteiger charge is -2.21. The molecular formula is C19H26N4O2S. The zero-order chi connectivity index (χ0) is 19.3. The highest BCUT2D eigenvalue weighted by Gasteiger charge is 2.30. The average molecular weight is 375 g/mol. The molecule has 0 saturated carbocycles. The van der Waals surface area contributed by atoms with Crippen LogP contribution in [0.15, 0.2) is 29.2 Å². The van der Waals surface area contributed by atoms with Crippen LogP contribution in [0, 0.1) is 25.2 Å². The van der Waals surface area contributed by atoms with Crippen LogP contribution in [-0.4, -0.2) is 35.6 Å². The Hall–Kier alpha value is -2.17. The SMILES string of the molecule is CCCN(CCC)S(=O)(=O)c1c(C)nn(Cc2ccc(C#N)cc2)c1C. The van der Waals surface area contributed by atoms with Crippen molar-refractivity contribution in [2.45, 2.75) is 52.0 Å². The molecule has 0 aliphatic rings. The number of sulfonamides is 1. The summed E-state index contributed by atoms with van der Waals surface area (Å²) in [5.74, 6) is 0. The molecule has 2 aromatic rings. The standard InChI is InChI=1S/C19H26N4O2S/c1-5-11-22(12-6-2)26(24,25)19-15(3)21-23(16(19)4)14-18-9-7-17(13-20)8-10-18/h7-10H,5-6,11-12,14H2,1-4H3. The highest BCUT2D eigenvalue weighted by Crippen LogP contribution is 2.24. The summed E-state index contributed by atoms with van der Waals surface area (Å²) in [6, 6.07) is 9.33. The maximum atomic E-state index is 13.1. The predicted octanol–water partition coefficient (Wildman–Crippen LogP) is 3.23. The Morgan fingerprint density at radius 3 is 2.19 bits per heavy atom. The molecule has 0 N–H and O–H groups in total. The van der Waals surface area contributed by atoms with Crippen molar-refractivity contribution in [2.24, 2.45) is 0 Å². The number of nitriles is 1. The number of aromatic nitrogens is 2. The van der Waals surface area contributed by atoms with Gasteiger partial charge in [-0.1, -0.05) is 26.0 Å². The van der Waals surface area contributed by atoms with Gasteiger partial charge in [-0.15, -0.1) is 0 Å². The molecule has 0 spiro atoms. The summed E-state index contributed by atoms with van der Waals surface area (Å²) < 4.78 is 29.6. The summed E-state index contributed by atoms with van der Waals surface area (Å²) in [5, 5.41) is 13.4. The molecule has 0 fully saturated rings. The first-order chi connectivity index (χ1) is 12.3. The number of hydrogen-bond donors (Lipinski definition) is 0. The van der Waals surface area contributed by atoms with Crippen molar-refractivity contribution in [2.75, 3.05) is 13.1 Å². The smallest absolute Gasteiger partial charge is 0.246 e. The largest absolute Gasteiger partial charge is 0.264 e. The molecule has 0 atom stereocenters. The number of hydrogen-bond acceptors (Lipinski definition) is 4. The minimum atomic E-state index is -3.56. The first-order valence-electron chi connectivity index (χ1n) is 8.88. The Morgan fingerprint density at radius 1 is 1.12 bits per heavy atom. The second-order valence-corrected chi connectivity index (χ2v) is 8.25. The summed E-state index contributed by atoms with van der Waals surface area (Å²) in [4.78, 5) is 0.313. The van der Waals surface area contributed by atoms with Gasteiger partial charge in [0, 0.05) is 13.1 Å². The molecule has 0 amide bonds. The average Bonchev–Trinajstić information content (AvgIpc) is 2.89. The van der Waals surface area contributed by atoms with Gasteiger partial charge in [-0.2, -0.15) is 14.7 Å². The van der Waals surface area contributed by atoms with Crippen molar-refractivity contribution < 1.29 is 8.42 Å². The van der Waals surface area contributed by atoms with E-state index >= 15 is 0 Å². The van der Waals surface area contributed by atoms with E-state index in [1.807, 2.05) is 26.0 Å². The Labute approximate surface area is 156 Å². The molecule has 2 rings (SSSR count). The highest BCUT2D eigenvalue weighted by molar-refractivity contribution is 7.89. The van der Waals surface area contributed by atoms with E-state index in [1.165, 1.54) is 0 Å². The van der Waals surface area contributed by atoms with Crippen molar-refractivity contribution in [3.63, 3.8) is 0 Å². The second-order valence-electron chi connectivity index (χ2n) is 6.37. The Kier molecular flexibility index (Phi) is 6.57. The van der Waals surface area contributed by atoms with Crippen LogP contribution < -0.4 is 0 Å². The molecule has 7 heteroatoms. The third kappa shape index (κ3) is 4.14. The van der Waals surface area contributed by atoms with E-state index < -0.39 is 10.0 Å². The molecule has 0 bridgehead atoms. The molecule has 0 aliphatic carbocycles. The van der Waals surface area contributed by atoms with Gasteiger partial charge in [-0.3, -0.25) is 4.68 Å². The third-order valence-corrected chi connectivity index (χ3v) is 6.43. The molecule has 6 nitrogen and oxygen atoms in total. The summed E-state index contributed by atoms with van der Waals surface area (Å²) >= 11 is 0. The van der Waals surface area contributed by atoms with Gasteiger partial charge in [-0.05, 0) is 44.4 Å². The number of rotatable bonds is 8. The topological polar surface area (TPSA) is 79.0 Å². The zero-order valence-corrected chi connectivity index (χ0v) is 16.7. The molecule has 1 heterocycles. The minimum absolute atomic E-state index is 0.313. The molecule has 1 aromatic carbocycles. The Balaban J connectivity index is 2.38. The minimum Gasteiger partial charge on any atom is -0.264 e. The van der Waals surface area contributed by atoms with E-state index in [-0.39, 0.29) is 0 Å². The van der Waals surface area contributed by atoms with E-state index in [2.05, 4.69) is 11.2 Å². The molecule has 0 unspecified atom stereocenters. The summed E-state index contributed by atoms with van der Waals surface area (Å²) in [6.07, 6.45) is 1.55. The lowest BCUT2D eigenvalue weighted by atomic mass is 10.1. The molecule has 140 valence electrons. The van der Waals surface area contributed by atoms with Gasteiger partial charge in [0.2, 0.25) is 10.0 Å². The normalized spacial score (nSPS) is 11.7. The fourth-order valence-electron chi connectivity index (χ4n) is 3.05. The van der Waals surface area contributed by atoms with Gasteiger partial charge in [0.05, 0.1) is 29.6 Å². The molecular weight excluding hydrogens is 348 g/mol. The monoisotopic (exact) mass is 374 g/mol. The van der Waals surface area contributed by atoms with Crippen LogP contribution in [-0.2, 0) is 16.6 Å². The summed E-state index contributed by atoms with van der Waals surface area (Å²) in [7, 11) is -3.56. The third-order valence-electron chi connectivity index (χ3n) is 4.27. The lowest BCUT2D eigenvalue weighted by molar-refractivity contribution is 0.409. The second kappa shape index (κ2) is 8.47. The van der Waals surface area contributed by atoms with Crippen molar-refractivity contribution in [1.29, 1.82) is 5.26 Å². The Bertz CT molecular complexity index is 887. The number of benzene rings is 1. The fourth-order valence-corrected chi connectivity index (χ4v) is 5.04. The molecule has 0 radical (unpaired) electrons. The van der Waals surface area contributed by atoms with Crippen molar-refractivity contribution >= 4 is 10.0 Å². The molecule has 0 saturated heterocycles. The summed E-state index contributed by atoms with van der Waals surface area (Å²) in [6.45, 7) is 8.98. The molecule has 1 aromatic heterocycles. The molecule has 26 heavy (non-hydrogen) atoms. The maximum Gasteiger partial charge on any atom is 0.246 e. The Morgan fingerprint density at radius 2 is 1.69 bits per heavy atom. The van der Waals surface area contributed by atoms with E-state index in [4.69, 9.17) is 5.26 Å². The van der Waals surface area contributed by atoms with E-state index in [9.17, 15) is 8.42 Å². The zero-order valence-electron chi connectivity index (χ0n) is 15.9. The van der Waals surface area contributed by atoms with Gasteiger partial charge in [0.25, 0.3) is 0 Å². The van der Waals surface area contributed by atoms with E-state index in [0.29, 0.717) is 41.5 Å². The summed E-state index contributed by atoms with van der Waals surface area (Å²) in [5.41, 5.74) is 2.73. The van der Waals surface area contributed by atoms with Crippen LogP contribution in [0.4, 0.5) is 0 Å². The van der Waals surface area contributed by atoms with Crippen molar-refractivity contribution in [1.82, 2.24) is 14.1 Å². The predicted molar refractivity (Wildman–Crippen MR) is 101 cm³/mol. The molecule has 0 aliphatic heterocycles. The van der Waals surface area contributed by atoms with Crippen LogP contribution >= 0.6 is 0 Å². The maximum absolute atomic E-state index is 13.1.